The molecule has 0 aliphatic carbocycles. The number of rotatable bonds is 9. The van der Waals surface area contributed by atoms with Crippen molar-refractivity contribution in [3.63, 3.8) is 0 Å². The third-order valence-corrected chi connectivity index (χ3v) is 6.39. The van der Waals surface area contributed by atoms with Crippen molar-refractivity contribution in [3.8, 4) is 17.2 Å². The molecule has 4 aromatic carbocycles. The number of benzene rings is 4. The minimum atomic E-state index is -4.10. The molecule has 9 heteroatoms. The molecule has 36 heavy (non-hydrogen) atoms. The van der Waals surface area contributed by atoms with E-state index in [1.165, 1.54) is 36.4 Å². The Kier molecular flexibility index (Phi) is 7.50. The summed E-state index contributed by atoms with van der Waals surface area (Å²) < 4.78 is 54.5. The average Bonchev–Trinajstić information content (AvgIpc) is 2.87. The van der Waals surface area contributed by atoms with Crippen LogP contribution in [0.1, 0.15) is 17.3 Å². The maximum Gasteiger partial charge on any atom is 0.262 e. The highest BCUT2D eigenvalue weighted by atomic mass is 32.2. The van der Waals surface area contributed by atoms with Gasteiger partial charge in [0.1, 0.15) is 17.3 Å². The number of carbonyl (C=O) groups excluding carboxylic acids is 1. The van der Waals surface area contributed by atoms with E-state index in [1.807, 2.05) is 6.07 Å². The van der Waals surface area contributed by atoms with Crippen molar-refractivity contribution in [2.75, 3.05) is 16.6 Å². The molecule has 1 amide bonds. The first kappa shape index (κ1) is 24.7. The molecule has 184 valence electrons. The van der Waals surface area contributed by atoms with Gasteiger partial charge in [0.2, 0.25) is 0 Å². The fourth-order valence-corrected chi connectivity index (χ4v) is 4.45. The van der Waals surface area contributed by atoms with Gasteiger partial charge in [-0.15, -0.1) is 0 Å². The third kappa shape index (κ3) is 5.81. The molecule has 0 unspecified atom stereocenters. The van der Waals surface area contributed by atoms with Crippen LogP contribution in [0.3, 0.4) is 0 Å². The van der Waals surface area contributed by atoms with Gasteiger partial charge in [-0.05, 0) is 61.5 Å². The van der Waals surface area contributed by atoms with Crippen LogP contribution in [0.25, 0.3) is 0 Å². The lowest BCUT2D eigenvalue weighted by Crippen LogP contribution is -2.17. The highest BCUT2D eigenvalue weighted by Gasteiger charge is 2.21. The standard InChI is InChI=1S/C27H23FN2O5S/c1-2-34-25-17-16-20(18-24(25)29-27(31)21-12-6-7-13-22(21)28)36(32,33)30-23-14-8-9-15-26(23)35-19-10-4-3-5-11-19/h3-18,30H,2H2,1H3,(H,29,31). The molecule has 4 aromatic rings. The van der Waals surface area contributed by atoms with E-state index >= 15 is 0 Å². The molecule has 0 heterocycles. The first-order chi connectivity index (χ1) is 17.4. The quantitative estimate of drug-likeness (QED) is 0.287. The summed E-state index contributed by atoms with van der Waals surface area (Å²) in [5, 5.41) is 2.55. The van der Waals surface area contributed by atoms with Crippen LogP contribution in [0, 0.1) is 5.82 Å². The van der Waals surface area contributed by atoms with E-state index in [1.54, 1.807) is 55.5 Å². The van der Waals surface area contributed by atoms with Gasteiger partial charge < -0.3 is 14.8 Å². The van der Waals surface area contributed by atoms with Gasteiger partial charge in [0.25, 0.3) is 15.9 Å². The summed E-state index contributed by atoms with van der Waals surface area (Å²) in [6, 6.07) is 25.1. The predicted octanol–water partition coefficient (Wildman–Crippen LogP) is 6.07. The number of carbonyl (C=O) groups is 1. The van der Waals surface area contributed by atoms with Crippen LogP contribution in [0.5, 0.6) is 17.2 Å². The van der Waals surface area contributed by atoms with E-state index in [-0.39, 0.29) is 34.2 Å². The van der Waals surface area contributed by atoms with Crippen molar-refractivity contribution >= 4 is 27.3 Å². The molecule has 0 atom stereocenters. The molecule has 0 aliphatic heterocycles. The van der Waals surface area contributed by atoms with Crippen molar-refractivity contribution in [1.29, 1.82) is 0 Å². The summed E-state index contributed by atoms with van der Waals surface area (Å²) in [5.41, 5.74) is 0.132. The lowest BCUT2D eigenvalue weighted by molar-refractivity contribution is 0.102. The van der Waals surface area contributed by atoms with Crippen LogP contribution in [0.15, 0.2) is 102 Å². The van der Waals surface area contributed by atoms with Crippen molar-refractivity contribution in [1.82, 2.24) is 0 Å². The summed E-state index contributed by atoms with van der Waals surface area (Å²) in [7, 11) is -4.10. The summed E-state index contributed by atoms with van der Waals surface area (Å²) in [6.07, 6.45) is 0. The Morgan fingerprint density at radius 3 is 2.28 bits per heavy atom. The second kappa shape index (κ2) is 10.9. The minimum Gasteiger partial charge on any atom is -0.492 e. The molecule has 0 radical (unpaired) electrons. The highest BCUT2D eigenvalue weighted by Crippen LogP contribution is 2.33. The van der Waals surface area contributed by atoms with Crippen LogP contribution in [0.2, 0.25) is 0 Å². The van der Waals surface area contributed by atoms with Gasteiger partial charge in [0.15, 0.2) is 5.75 Å². The smallest absolute Gasteiger partial charge is 0.262 e. The molecule has 0 saturated carbocycles. The van der Waals surface area contributed by atoms with Crippen molar-refractivity contribution in [2.24, 2.45) is 0 Å². The van der Waals surface area contributed by atoms with Gasteiger partial charge >= 0.3 is 0 Å². The average molecular weight is 507 g/mol. The molecule has 0 aromatic heterocycles. The van der Waals surface area contributed by atoms with Crippen LogP contribution in [-0.2, 0) is 10.0 Å². The molecule has 4 rings (SSSR count). The first-order valence-corrected chi connectivity index (χ1v) is 12.5. The van der Waals surface area contributed by atoms with E-state index < -0.39 is 21.7 Å². The Labute approximate surface area is 208 Å². The zero-order valence-corrected chi connectivity index (χ0v) is 20.1. The molecule has 0 fully saturated rings. The lowest BCUT2D eigenvalue weighted by atomic mass is 10.2. The molecular weight excluding hydrogens is 483 g/mol. The molecular formula is C27H23FN2O5S. The van der Waals surface area contributed by atoms with E-state index in [2.05, 4.69) is 10.0 Å². The minimum absolute atomic E-state index is 0.0850. The third-order valence-electron chi connectivity index (χ3n) is 5.03. The van der Waals surface area contributed by atoms with Gasteiger partial charge in [0, 0.05) is 0 Å². The Hall–Kier alpha value is -4.37. The number of para-hydroxylation sites is 3. The second-order valence-corrected chi connectivity index (χ2v) is 9.22. The number of hydrogen-bond donors (Lipinski definition) is 2. The van der Waals surface area contributed by atoms with Gasteiger partial charge in [-0.3, -0.25) is 9.52 Å². The maximum absolute atomic E-state index is 14.1. The Morgan fingerprint density at radius 2 is 1.53 bits per heavy atom. The zero-order valence-electron chi connectivity index (χ0n) is 19.3. The Balaban J connectivity index is 1.63. The van der Waals surface area contributed by atoms with Crippen LogP contribution in [-0.4, -0.2) is 20.9 Å². The molecule has 0 bridgehead atoms. The van der Waals surface area contributed by atoms with Gasteiger partial charge in [-0.1, -0.05) is 42.5 Å². The topological polar surface area (TPSA) is 93.7 Å². The SMILES string of the molecule is CCOc1ccc(S(=O)(=O)Nc2ccccc2Oc2ccccc2)cc1NC(=O)c1ccccc1F. The summed E-state index contributed by atoms with van der Waals surface area (Å²) in [6.45, 7) is 2.02. The molecule has 0 saturated heterocycles. The van der Waals surface area contributed by atoms with E-state index in [0.29, 0.717) is 11.5 Å². The number of amides is 1. The summed E-state index contributed by atoms with van der Waals surface area (Å²) in [5.74, 6) is -0.338. The molecule has 0 spiro atoms. The van der Waals surface area contributed by atoms with Gasteiger partial charge in [-0.2, -0.15) is 0 Å². The summed E-state index contributed by atoms with van der Waals surface area (Å²) in [4.78, 5) is 12.5. The second-order valence-electron chi connectivity index (χ2n) is 7.54. The molecule has 7 nitrogen and oxygen atoms in total. The van der Waals surface area contributed by atoms with Crippen molar-refractivity contribution < 1.29 is 27.1 Å². The Bertz CT molecular complexity index is 1480. The first-order valence-electron chi connectivity index (χ1n) is 11.0. The van der Waals surface area contributed by atoms with Crippen LogP contribution < -0.4 is 19.5 Å². The maximum atomic E-state index is 14.1. The van der Waals surface area contributed by atoms with E-state index in [9.17, 15) is 17.6 Å². The van der Waals surface area contributed by atoms with E-state index in [4.69, 9.17) is 9.47 Å². The number of anilines is 2. The largest absolute Gasteiger partial charge is 0.492 e. The number of nitrogens with one attached hydrogen (secondary N) is 2. The summed E-state index contributed by atoms with van der Waals surface area (Å²) >= 11 is 0. The van der Waals surface area contributed by atoms with Crippen molar-refractivity contribution in [2.45, 2.75) is 11.8 Å². The molecule has 0 aliphatic rings. The van der Waals surface area contributed by atoms with Crippen molar-refractivity contribution in [3.05, 3.63) is 108 Å². The fourth-order valence-electron chi connectivity index (χ4n) is 3.35. The number of halogens is 1. The van der Waals surface area contributed by atoms with Gasteiger partial charge in [-0.25, -0.2) is 12.8 Å². The predicted molar refractivity (Wildman–Crippen MR) is 136 cm³/mol. The number of sulfonamides is 1. The van der Waals surface area contributed by atoms with E-state index in [0.717, 1.165) is 6.07 Å². The normalized spacial score (nSPS) is 10.9. The monoisotopic (exact) mass is 506 g/mol. The highest BCUT2D eigenvalue weighted by molar-refractivity contribution is 7.92. The molecule has 2 N–H and O–H groups in total. The van der Waals surface area contributed by atoms with Crippen LogP contribution >= 0.6 is 0 Å². The fraction of sp³-hybridized carbons (Fsp3) is 0.0741. The number of hydrogen-bond acceptors (Lipinski definition) is 5. The number of ether oxygens (including phenoxy) is 2. The zero-order chi connectivity index (χ0) is 25.5. The van der Waals surface area contributed by atoms with Crippen LogP contribution in [0.4, 0.5) is 15.8 Å². The van der Waals surface area contributed by atoms with Gasteiger partial charge in [0.05, 0.1) is 28.4 Å². The Morgan fingerprint density at radius 1 is 0.833 bits per heavy atom. The lowest BCUT2D eigenvalue weighted by Gasteiger charge is -2.16.